The number of hydrogen-bond donors (Lipinski definition) is 1. The lowest BCUT2D eigenvalue weighted by molar-refractivity contribution is 0.239. The molecule has 0 aliphatic carbocycles. The van der Waals surface area contributed by atoms with E-state index in [4.69, 9.17) is 11.6 Å². The van der Waals surface area contributed by atoms with Crippen molar-refractivity contribution in [3.8, 4) is 0 Å². The zero-order chi connectivity index (χ0) is 11.8. The highest BCUT2D eigenvalue weighted by Crippen LogP contribution is 2.00. The number of hydrogen-bond acceptors (Lipinski definition) is 2. The zero-order valence-corrected chi connectivity index (χ0v) is 10.3. The Balaban J connectivity index is 2.14. The number of unbranched alkanes of at least 4 members (excludes halogenated alkanes) is 3. The summed E-state index contributed by atoms with van der Waals surface area (Å²) in [5.74, 6) is 0.721. The van der Waals surface area contributed by atoms with Crippen molar-refractivity contribution in [3.63, 3.8) is 0 Å². The molecule has 90 valence electrons. The fraction of sp³-hybridized carbons (Fsp3) is 0.636. The van der Waals surface area contributed by atoms with E-state index in [1.807, 2.05) is 6.92 Å². The lowest BCUT2D eigenvalue weighted by Gasteiger charge is -2.05. The lowest BCUT2D eigenvalue weighted by Crippen LogP contribution is -2.30. The van der Waals surface area contributed by atoms with Crippen LogP contribution in [-0.2, 0) is 0 Å². The third-order valence-corrected chi connectivity index (χ3v) is 2.63. The van der Waals surface area contributed by atoms with E-state index in [2.05, 4.69) is 10.4 Å². The molecule has 5 heteroatoms. The van der Waals surface area contributed by atoms with Crippen LogP contribution in [0.1, 0.15) is 31.4 Å². The molecule has 0 bridgehead atoms. The van der Waals surface area contributed by atoms with Gasteiger partial charge in [0.25, 0.3) is 0 Å². The third kappa shape index (κ3) is 4.23. The van der Waals surface area contributed by atoms with E-state index in [-0.39, 0.29) is 6.03 Å². The van der Waals surface area contributed by atoms with Crippen LogP contribution < -0.4 is 5.32 Å². The van der Waals surface area contributed by atoms with Gasteiger partial charge in [-0.25, -0.2) is 4.79 Å². The molecule has 0 saturated heterocycles. The van der Waals surface area contributed by atoms with Crippen molar-refractivity contribution in [2.45, 2.75) is 32.6 Å². The zero-order valence-electron chi connectivity index (χ0n) is 9.58. The fourth-order valence-electron chi connectivity index (χ4n) is 1.43. The molecule has 0 saturated carbocycles. The van der Waals surface area contributed by atoms with Gasteiger partial charge in [-0.3, -0.25) is 0 Å². The van der Waals surface area contributed by atoms with E-state index in [1.165, 1.54) is 4.68 Å². The Labute approximate surface area is 101 Å². The second-order valence-corrected chi connectivity index (χ2v) is 4.10. The van der Waals surface area contributed by atoms with Gasteiger partial charge in [-0.1, -0.05) is 12.8 Å². The Morgan fingerprint density at radius 1 is 1.44 bits per heavy atom. The topological polar surface area (TPSA) is 46.9 Å². The molecule has 0 unspecified atom stereocenters. The average Bonchev–Trinajstić information content (AvgIpc) is 2.69. The van der Waals surface area contributed by atoms with Crippen LogP contribution in [0.15, 0.2) is 12.3 Å². The average molecular weight is 244 g/mol. The van der Waals surface area contributed by atoms with Crippen molar-refractivity contribution in [1.29, 1.82) is 0 Å². The highest BCUT2D eigenvalue weighted by molar-refractivity contribution is 6.17. The second kappa shape index (κ2) is 7.28. The first-order valence-corrected chi connectivity index (χ1v) is 6.14. The van der Waals surface area contributed by atoms with Crippen LogP contribution in [0.5, 0.6) is 0 Å². The van der Waals surface area contributed by atoms with Gasteiger partial charge in [-0.05, 0) is 25.8 Å². The molecule has 1 aromatic rings. The number of aromatic nitrogens is 2. The molecule has 1 heterocycles. The summed E-state index contributed by atoms with van der Waals surface area (Å²) in [5.41, 5.74) is 0.847. The maximum atomic E-state index is 11.6. The third-order valence-electron chi connectivity index (χ3n) is 2.36. The van der Waals surface area contributed by atoms with Crippen LogP contribution in [0, 0.1) is 6.92 Å². The van der Waals surface area contributed by atoms with Gasteiger partial charge < -0.3 is 5.32 Å². The summed E-state index contributed by atoms with van der Waals surface area (Å²) in [7, 11) is 0. The van der Waals surface area contributed by atoms with Gasteiger partial charge in [-0.2, -0.15) is 9.78 Å². The Hall–Kier alpha value is -1.03. The number of nitrogens with zero attached hydrogens (tertiary/aromatic N) is 2. The van der Waals surface area contributed by atoms with E-state index in [0.29, 0.717) is 6.54 Å². The Kier molecular flexibility index (Phi) is 5.93. The molecule has 1 amide bonds. The van der Waals surface area contributed by atoms with Gasteiger partial charge in [0, 0.05) is 24.3 Å². The minimum absolute atomic E-state index is 0.153. The molecule has 1 aromatic heterocycles. The smallest absolute Gasteiger partial charge is 0.336 e. The van der Waals surface area contributed by atoms with Crippen molar-refractivity contribution in [2.75, 3.05) is 12.4 Å². The van der Waals surface area contributed by atoms with Gasteiger partial charge in [0.2, 0.25) is 0 Å². The standard InChI is InChI=1S/C11H18ClN3O/c1-10-6-9-14-15(10)11(16)13-8-5-3-2-4-7-12/h6,9H,2-5,7-8H2,1H3,(H,13,16). The van der Waals surface area contributed by atoms with Crippen LogP contribution in [0.3, 0.4) is 0 Å². The molecule has 4 nitrogen and oxygen atoms in total. The first-order valence-electron chi connectivity index (χ1n) is 5.60. The van der Waals surface area contributed by atoms with Gasteiger partial charge in [0.05, 0.1) is 0 Å². The highest BCUT2D eigenvalue weighted by atomic mass is 35.5. The van der Waals surface area contributed by atoms with Crippen LogP contribution in [0.25, 0.3) is 0 Å². The van der Waals surface area contributed by atoms with E-state index in [9.17, 15) is 4.79 Å². The molecular weight excluding hydrogens is 226 g/mol. The predicted molar refractivity (Wildman–Crippen MR) is 64.9 cm³/mol. The van der Waals surface area contributed by atoms with E-state index < -0.39 is 0 Å². The number of carbonyl (C=O) groups is 1. The maximum absolute atomic E-state index is 11.6. The molecule has 0 radical (unpaired) electrons. The van der Waals surface area contributed by atoms with E-state index >= 15 is 0 Å². The number of nitrogens with one attached hydrogen (secondary N) is 1. The first kappa shape index (κ1) is 13.0. The molecule has 1 rings (SSSR count). The number of amides is 1. The Morgan fingerprint density at radius 2 is 2.19 bits per heavy atom. The molecular formula is C11H18ClN3O. The molecule has 0 spiro atoms. The van der Waals surface area contributed by atoms with Crippen molar-refractivity contribution in [2.24, 2.45) is 0 Å². The number of aryl methyl sites for hydroxylation is 1. The number of alkyl halides is 1. The van der Waals surface area contributed by atoms with Gasteiger partial charge in [0.15, 0.2) is 0 Å². The molecule has 0 aliphatic heterocycles. The van der Waals surface area contributed by atoms with Gasteiger partial charge in [-0.15, -0.1) is 11.6 Å². The van der Waals surface area contributed by atoms with Crippen molar-refractivity contribution >= 4 is 17.6 Å². The molecule has 0 fully saturated rings. The molecule has 16 heavy (non-hydrogen) atoms. The van der Waals surface area contributed by atoms with Gasteiger partial charge in [0.1, 0.15) is 0 Å². The quantitative estimate of drug-likeness (QED) is 0.617. The molecule has 0 atom stereocenters. The summed E-state index contributed by atoms with van der Waals surface area (Å²) in [6, 6.07) is 1.65. The largest absolute Gasteiger partial charge is 0.342 e. The lowest BCUT2D eigenvalue weighted by atomic mass is 10.2. The monoisotopic (exact) mass is 243 g/mol. The van der Waals surface area contributed by atoms with Gasteiger partial charge >= 0.3 is 6.03 Å². The summed E-state index contributed by atoms with van der Waals surface area (Å²) in [5, 5.41) is 6.76. The number of rotatable bonds is 6. The molecule has 0 aromatic carbocycles. The van der Waals surface area contributed by atoms with Crippen molar-refractivity contribution in [3.05, 3.63) is 18.0 Å². The maximum Gasteiger partial charge on any atom is 0.342 e. The second-order valence-electron chi connectivity index (χ2n) is 3.72. The van der Waals surface area contributed by atoms with Crippen molar-refractivity contribution < 1.29 is 4.79 Å². The van der Waals surface area contributed by atoms with E-state index in [0.717, 1.165) is 37.3 Å². The van der Waals surface area contributed by atoms with Crippen molar-refractivity contribution in [1.82, 2.24) is 15.1 Å². The summed E-state index contributed by atoms with van der Waals surface area (Å²) >= 11 is 5.57. The molecule has 1 N–H and O–H groups in total. The minimum atomic E-state index is -0.153. The predicted octanol–water partition coefficient (Wildman–Crippen LogP) is 2.55. The Morgan fingerprint density at radius 3 is 2.81 bits per heavy atom. The first-order chi connectivity index (χ1) is 7.75. The van der Waals surface area contributed by atoms with Crippen LogP contribution >= 0.6 is 11.6 Å². The number of halogens is 1. The highest BCUT2D eigenvalue weighted by Gasteiger charge is 2.05. The minimum Gasteiger partial charge on any atom is -0.336 e. The SMILES string of the molecule is Cc1ccnn1C(=O)NCCCCCCCl. The van der Waals surface area contributed by atoms with E-state index in [1.54, 1.807) is 12.3 Å². The van der Waals surface area contributed by atoms with Crippen LogP contribution in [-0.4, -0.2) is 28.2 Å². The summed E-state index contributed by atoms with van der Waals surface area (Å²) in [4.78, 5) is 11.6. The summed E-state index contributed by atoms with van der Waals surface area (Å²) in [6.45, 7) is 2.55. The summed E-state index contributed by atoms with van der Waals surface area (Å²) in [6.07, 6.45) is 5.89. The normalized spacial score (nSPS) is 10.4. The molecule has 0 aliphatic rings. The fourth-order valence-corrected chi connectivity index (χ4v) is 1.61. The summed E-state index contributed by atoms with van der Waals surface area (Å²) < 4.78 is 1.37. The number of carbonyl (C=O) groups excluding carboxylic acids is 1. The Bertz CT molecular complexity index is 325. The van der Waals surface area contributed by atoms with Crippen LogP contribution in [0.4, 0.5) is 4.79 Å². The van der Waals surface area contributed by atoms with Crippen LogP contribution in [0.2, 0.25) is 0 Å².